The Balaban J connectivity index is 1.13. The number of carbonyl (C=O) groups excluding carboxylic acids is 2. The molecule has 2 aromatic carbocycles. The maximum Gasteiger partial charge on any atom is 0.407 e. The van der Waals surface area contributed by atoms with E-state index in [0.29, 0.717) is 42.2 Å². The third kappa shape index (κ3) is 9.25. The first-order valence-electron chi connectivity index (χ1n) is 15.1. The minimum Gasteiger partial charge on any atom is -0.448 e. The van der Waals surface area contributed by atoms with Gasteiger partial charge < -0.3 is 30.5 Å². The number of pyridine rings is 1. The summed E-state index contributed by atoms with van der Waals surface area (Å²) in [5.74, 6) is -1.99. The van der Waals surface area contributed by atoms with Crippen LogP contribution in [0.5, 0.6) is 0 Å². The predicted molar refractivity (Wildman–Crippen MR) is 160 cm³/mol. The lowest BCUT2D eigenvalue weighted by Crippen LogP contribution is -2.50. The summed E-state index contributed by atoms with van der Waals surface area (Å²) in [6.07, 6.45) is 4.32. The summed E-state index contributed by atoms with van der Waals surface area (Å²) < 4.78 is 53.3. The smallest absolute Gasteiger partial charge is 0.407 e. The van der Waals surface area contributed by atoms with Gasteiger partial charge in [0.05, 0.1) is 49.5 Å². The lowest BCUT2D eigenvalue weighted by atomic mass is 9.88. The van der Waals surface area contributed by atoms with Crippen LogP contribution in [-0.2, 0) is 20.7 Å². The molecule has 2 aliphatic rings. The number of benzene rings is 2. The number of nitrogens with zero attached hydrogens (tertiary/aromatic N) is 1. The number of carbonyl (C=O) groups is 2. The molecule has 1 unspecified atom stereocenters. The highest BCUT2D eigenvalue weighted by Gasteiger charge is 2.32. The second-order valence-corrected chi connectivity index (χ2v) is 11.5. The van der Waals surface area contributed by atoms with E-state index in [0.717, 1.165) is 19.0 Å². The topological polar surface area (TPSA) is 122 Å². The van der Waals surface area contributed by atoms with Crippen molar-refractivity contribution < 1.29 is 37.3 Å². The molecule has 0 radical (unpaired) electrons. The number of anilines is 1. The molecule has 2 amide bonds. The Morgan fingerprint density at radius 3 is 2.27 bits per heavy atom. The number of hydrogen-bond acceptors (Lipinski definition) is 7. The van der Waals surface area contributed by atoms with Crippen molar-refractivity contribution in [3.8, 4) is 0 Å². The van der Waals surface area contributed by atoms with Crippen molar-refractivity contribution in [1.29, 1.82) is 0 Å². The summed E-state index contributed by atoms with van der Waals surface area (Å²) in [5.41, 5.74) is 1.88. The van der Waals surface area contributed by atoms with Crippen LogP contribution in [0.25, 0.3) is 0 Å². The zero-order chi connectivity index (χ0) is 31.8. The molecule has 1 aromatic heterocycles. The second-order valence-electron chi connectivity index (χ2n) is 11.5. The highest BCUT2D eigenvalue weighted by atomic mass is 19.1. The number of aliphatic hydroxyl groups is 1. The minimum atomic E-state index is -0.575. The van der Waals surface area contributed by atoms with E-state index >= 15 is 0 Å². The molecule has 3 aromatic rings. The number of amides is 2. The van der Waals surface area contributed by atoms with E-state index in [9.17, 15) is 27.9 Å². The molecular formula is C33H37F3N4O5. The van der Waals surface area contributed by atoms with Gasteiger partial charge in [0, 0.05) is 24.4 Å². The Bertz CT molecular complexity index is 1390. The fraction of sp³-hybridized carbons (Fsp3) is 0.424. The van der Waals surface area contributed by atoms with E-state index in [4.69, 9.17) is 9.47 Å². The largest absolute Gasteiger partial charge is 0.448 e. The van der Waals surface area contributed by atoms with E-state index < -0.39 is 35.4 Å². The number of nitrogens with one attached hydrogen (secondary N) is 3. The van der Waals surface area contributed by atoms with Gasteiger partial charge in [-0.2, -0.15) is 0 Å². The van der Waals surface area contributed by atoms with Gasteiger partial charge >= 0.3 is 6.09 Å². The normalized spacial score (nSPS) is 18.8. The van der Waals surface area contributed by atoms with E-state index in [1.165, 1.54) is 30.5 Å². The number of aromatic nitrogens is 1. The molecule has 5 rings (SSSR count). The highest BCUT2D eigenvalue weighted by molar-refractivity contribution is 5.92. The molecule has 9 nitrogen and oxygen atoms in total. The molecule has 0 bridgehead atoms. The third-order valence-corrected chi connectivity index (χ3v) is 8.20. The molecule has 1 saturated heterocycles. The Morgan fingerprint density at radius 1 is 1.02 bits per heavy atom. The molecule has 12 heteroatoms. The molecule has 2 heterocycles. The zero-order valence-electron chi connectivity index (χ0n) is 24.7. The van der Waals surface area contributed by atoms with Crippen LogP contribution in [0.4, 0.5) is 23.7 Å². The van der Waals surface area contributed by atoms with Gasteiger partial charge in [-0.1, -0.05) is 24.3 Å². The molecule has 1 aliphatic heterocycles. The Kier molecular flexibility index (Phi) is 11.0. The number of hydrogen-bond donors (Lipinski definition) is 4. The van der Waals surface area contributed by atoms with Crippen LogP contribution in [0, 0.1) is 23.4 Å². The van der Waals surface area contributed by atoms with Gasteiger partial charge in [-0.25, -0.2) is 18.0 Å². The fourth-order valence-electron chi connectivity index (χ4n) is 5.47. The number of rotatable bonds is 13. The highest BCUT2D eigenvalue weighted by Crippen LogP contribution is 2.32. The van der Waals surface area contributed by atoms with Gasteiger partial charge in [-0.05, 0) is 67.0 Å². The van der Waals surface area contributed by atoms with Gasteiger partial charge in [0.2, 0.25) is 5.91 Å². The molecule has 1 aliphatic carbocycles. The van der Waals surface area contributed by atoms with Crippen LogP contribution in [-0.4, -0.2) is 66.6 Å². The van der Waals surface area contributed by atoms with Gasteiger partial charge in [0.25, 0.3) is 0 Å². The third-order valence-electron chi connectivity index (χ3n) is 8.20. The maximum absolute atomic E-state index is 14.9. The van der Waals surface area contributed by atoms with E-state index in [-0.39, 0.29) is 49.9 Å². The van der Waals surface area contributed by atoms with Crippen molar-refractivity contribution in [3.63, 3.8) is 0 Å². The Labute approximate surface area is 259 Å². The molecule has 3 atom stereocenters. The average Bonchev–Trinajstić information content (AvgIpc) is 3.88. The number of ether oxygens (including phenoxy) is 2. The van der Waals surface area contributed by atoms with Crippen LogP contribution in [0.3, 0.4) is 0 Å². The van der Waals surface area contributed by atoms with Gasteiger partial charge in [-0.15, -0.1) is 0 Å². The van der Waals surface area contributed by atoms with Gasteiger partial charge in [0.15, 0.2) is 0 Å². The lowest BCUT2D eigenvalue weighted by Gasteiger charge is -2.30. The summed E-state index contributed by atoms with van der Waals surface area (Å²) in [7, 11) is 0. The van der Waals surface area contributed by atoms with E-state index in [2.05, 4.69) is 20.9 Å². The SMILES string of the molecule is O=C(CC(c1ccc(F)cc1)c1ccc(F)cc1)Nc1cncc(F)c1CC[C@@H]1CN[C@H](COC(=O)NC(CO)C2CC2)CO1. The molecule has 0 spiro atoms. The molecular weight excluding hydrogens is 589 g/mol. The Morgan fingerprint density at radius 2 is 1.69 bits per heavy atom. The maximum atomic E-state index is 14.9. The van der Waals surface area contributed by atoms with Crippen molar-refractivity contribution >= 4 is 17.7 Å². The molecule has 45 heavy (non-hydrogen) atoms. The summed E-state index contributed by atoms with van der Waals surface area (Å²) in [4.78, 5) is 29.2. The lowest BCUT2D eigenvalue weighted by molar-refractivity contribution is -0.116. The number of alkyl carbamates (subject to hydrolysis) is 1. The van der Waals surface area contributed by atoms with Crippen LogP contribution >= 0.6 is 0 Å². The Hall–Kier alpha value is -4.00. The minimum absolute atomic E-state index is 0.0500. The standard InChI is InChI=1S/C33H37F3N4O5/c34-23-7-3-20(4-8-23)28(21-5-9-24(35)10-6-21)13-32(42)39-30-16-37-15-29(36)27(30)12-11-26-14-38-25(18-44-26)19-45-33(43)40-31(17-41)22-1-2-22/h3-10,15-16,22,25-26,28,31,38,41H,1-2,11-14,17-19H2,(H,39,42)(H,40,43)/t25-,26+,31?/m0/s1. The molecule has 4 N–H and O–H groups in total. The van der Waals surface area contributed by atoms with Gasteiger partial charge in [-0.3, -0.25) is 9.78 Å². The molecule has 1 saturated carbocycles. The van der Waals surface area contributed by atoms with Crippen molar-refractivity contribution in [2.75, 3.05) is 31.7 Å². The summed E-state index contributed by atoms with van der Waals surface area (Å²) in [6.45, 7) is 0.735. The van der Waals surface area contributed by atoms with Crippen LogP contribution in [0.1, 0.15) is 48.3 Å². The first kappa shape index (κ1) is 32.4. The van der Waals surface area contributed by atoms with Crippen molar-refractivity contribution in [2.45, 2.75) is 56.2 Å². The van der Waals surface area contributed by atoms with Gasteiger partial charge in [0.1, 0.15) is 24.1 Å². The predicted octanol–water partition coefficient (Wildman–Crippen LogP) is 4.45. The quantitative estimate of drug-likeness (QED) is 0.221. The van der Waals surface area contributed by atoms with Crippen LogP contribution in [0.15, 0.2) is 60.9 Å². The first-order chi connectivity index (χ1) is 21.8. The number of morpholine rings is 1. The monoisotopic (exact) mass is 626 g/mol. The van der Waals surface area contributed by atoms with Crippen LogP contribution in [0.2, 0.25) is 0 Å². The number of aliphatic hydroxyl groups excluding tert-OH is 1. The van der Waals surface area contributed by atoms with E-state index in [1.54, 1.807) is 24.3 Å². The van der Waals surface area contributed by atoms with Crippen molar-refractivity contribution in [3.05, 3.63) is 95.1 Å². The molecule has 2 fully saturated rings. The summed E-state index contributed by atoms with van der Waals surface area (Å²) >= 11 is 0. The fourth-order valence-corrected chi connectivity index (χ4v) is 5.47. The average molecular weight is 627 g/mol. The molecule has 240 valence electrons. The number of halogens is 3. The zero-order valence-corrected chi connectivity index (χ0v) is 24.7. The summed E-state index contributed by atoms with van der Waals surface area (Å²) in [6, 6.07) is 11.0. The second kappa shape index (κ2) is 15.3. The van der Waals surface area contributed by atoms with E-state index in [1.807, 2.05) is 0 Å². The summed E-state index contributed by atoms with van der Waals surface area (Å²) in [5, 5.41) is 18.2. The van der Waals surface area contributed by atoms with Crippen LogP contribution < -0.4 is 16.0 Å². The first-order valence-corrected chi connectivity index (χ1v) is 15.1. The van der Waals surface area contributed by atoms with Crippen molar-refractivity contribution in [2.24, 2.45) is 5.92 Å². The van der Waals surface area contributed by atoms with Crippen molar-refractivity contribution in [1.82, 2.24) is 15.6 Å².